The van der Waals surface area contributed by atoms with Crippen LogP contribution in [-0.2, 0) is 43.2 Å². The minimum absolute atomic E-state index is 0.00325. The first-order chi connectivity index (χ1) is 16.2. The molecular formula is C17H22N4O14. The Balaban J connectivity index is 5.14. The summed E-state index contributed by atoms with van der Waals surface area (Å²) in [5.41, 5.74) is 0. The zero-order chi connectivity index (χ0) is 27.3. The molecule has 4 atom stereocenters. The molecule has 0 aliphatic heterocycles. The lowest BCUT2D eigenvalue weighted by Crippen LogP contribution is -2.50. The van der Waals surface area contributed by atoms with Crippen molar-refractivity contribution in [1.29, 1.82) is 0 Å². The van der Waals surface area contributed by atoms with Gasteiger partial charge in [0.1, 0.15) is 24.2 Å². The molecule has 0 fully saturated rings. The van der Waals surface area contributed by atoms with Crippen LogP contribution < -0.4 is 21.3 Å². The monoisotopic (exact) mass is 506 g/mol. The van der Waals surface area contributed by atoms with E-state index >= 15 is 0 Å². The highest BCUT2D eigenvalue weighted by molar-refractivity contribution is 5.94. The maximum atomic E-state index is 12.1. The Morgan fingerprint density at radius 1 is 0.514 bits per heavy atom. The van der Waals surface area contributed by atoms with Gasteiger partial charge in [0, 0.05) is 0 Å². The Morgan fingerprint density at radius 2 is 0.800 bits per heavy atom. The Labute approximate surface area is 194 Å². The minimum Gasteiger partial charge on any atom is -0.481 e. The summed E-state index contributed by atoms with van der Waals surface area (Å²) in [4.78, 5) is 101. The van der Waals surface area contributed by atoms with Crippen molar-refractivity contribution in [3.05, 3.63) is 0 Å². The second kappa shape index (κ2) is 14.4. The largest absolute Gasteiger partial charge is 0.481 e. The van der Waals surface area contributed by atoms with Crippen molar-refractivity contribution in [3.8, 4) is 0 Å². The molecule has 194 valence electrons. The van der Waals surface area contributed by atoms with E-state index in [1.165, 1.54) is 0 Å². The molecule has 35 heavy (non-hydrogen) atoms. The molecule has 18 heteroatoms. The van der Waals surface area contributed by atoms with Crippen molar-refractivity contribution in [2.45, 2.75) is 49.9 Å². The second-order valence-electron chi connectivity index (χ2n) is 6.76. The first-order valence-corrected chi connectivity index (χ1v) is 9.38. The molecule has 0 bridgehead atoms. The van der Waals surface area contributed by atoms with Crippen molar-refractivity contribution in [1.82, 2.24) is 21.3 Å². The number of carboxylic acid groups (broad SMARTS) is 5. The maximum Gasteiger partial charge on any atom is 0.326 e. The predicted octanol–water partition coefficient (Wildman–Crippen LogP) is -4.46. The van der Waals surface area contributed by atoms with Crippen LogP contribution in [0.5, 0.6) is 0 Å². The van der Waals surface area contributed by atoms with Crippen molar-refractivity contribution in [3.63, 3.8) is 0 Å². The van der Waals surface area contributed by atoms with Crippen molar-refractivity contribution in [2.24, 2.45) is 0 Å². The summed E-state index contributed by atoms with van der Waals surface area (Å²) in [5, 5.41) is 51.9. The molecule has 18 nitrogen and oxygen atoms in total. The normalized spacial score (nSPS) is 13.6. The van der Waals surface area contributed by atoms with Gasteiger partial charge in [0.15, 0.2) is 0 Å². The van der Waals surface area contributed by atoms with E-state index in [4.69, 9.17) is 25.5 Å². The molecule has 4 amide bonds. The molecule has 0 aliphatic carbocycles. The molecule has 0 rings (SSSR count). The van der Waals surface area contributed by atoms with Gasteiger partial charge in [-0.05, 0) is 0 Å². The number of amides is 4. The van der Waals surface area contributed by atoms with Crippen LogP contribution in [0.3, 0.4) is 0 Å². The quantitative estimate of drug-likeness (QED) is 0.0840. The van der Waals surface area contributed by atoms with Crippen LogP contribution in [0.2, 0.25) is 0 Å². The van der Waals surface area contributed by atoms with E-state index in [0.29, 0.717) is 0 Å². The van der Waals surface area contributed by atoms with E-state index in [0.717, 1.165) is 0 Å². The number of carbonyl (C=O) groups excluding carboxylic acids is 4. The number of rotatable bonds is 17. The fourth-order valence-corrected chi connectivity index (χ4v) is 2.39. The number of nitrogens with one attached hydrogen (secondary N) is 4. The Hall–Kier alpha value is -4.77. The first kappa shape index (κ1) is 30.2. The highest BCUT2D eigenvalue weighted by Gasteiger charge is 2.30. The molecule has 0 aromatic heterocycles. The van der Waals surface area contributed by atoms with E-state index in [1.807, 2.05) is 5.32 Å². The summed E-state index contributed by atoms with van der Waals surface area (Å²) in [5.74, 6) is -12.1. The summed E-state index contributed by atoms with van der Waals surface area (Å²) < 4.78 is 0. The Kier molecular flexibility index (Phi) is 12.4. The summed E-state index contributed by atoms with van der Waals surface area (Å²) in [6.07, 6.45) is -4.01. The van der Waals surface area contributed by atoms with Crippen molar-refractivity contribution < 1.29 is 68.7 Å². The molecule has 0 aromatic rings. The van der Waals surface area contributed by atoms with Crippen LogP contribution in [0.25, 0.3) is 0 Å². The number of hydrogen-bond donors (Lipinski definition) is 9. The van der Waals surface area contributed by atoms with Crippen LogP contribution in [0.4, 0.5) is 0 Å². The fourth-order valence-electron chi connectivity index (χ4n) is 2.39. The molecule has 0 heterocycles. The van der Waals surface area contributed by atoms with E-state index in [2.05, 4.69) is 0 Å². The topological polar surface area (TPSA) is 303 Å². The molecule has 0 saturated heterocycles. The van der Waals surface area contributed by atoms with Gasteiger partial charge in [-0.15, -0.1) is 0 Å². The lowest BCUT2D eigenvalue weighted by atomic mass is 10.1. The highest BCUT2D eigenvalue weighted by atomic mass is 16.4. The van der Waals surface area contributed by atoms with E-state index in [-0.39, 0.29) is 6.41 Å². The van der Waals surface area contributed by atoms with Crippen LogP contribution in [0.1, 0.15) is 25.7 Å². The van der Waals surface area contributed by atoms with Gasteiger partial charge >= 0.3 is 29.8 Å². The third kappa shape index (κ3) is 12.2. The second-order valence-corrected chi connectivity index (χ2v) is 6.76. The number of carbonyl (C=O) groups is 9. The van der Waals surface area contributed by atoms with E-state index < -0.39 is 97.4 Å². The molecular weight excluding hydrogens is 484 g/mol. The zero-order valence-corrected chi connectivity index (χ0v) is 17.6. The molecule has 0 saturated carbocycles. The smallest absolute Gasteiger partial charge is 0.326 e. The number of aliphatic carboxylic acids is 5. The van der Waals surface area contributed by atoms with Gasteiger partial charge in [-0.3, -0.25) is 24.0 Å². The van der Waals surface area contributed by atoms with Crippen molar-refractivity contribution in [2.75, 3.05) is 0 Å². The highest BCUT2D eigenvalue weighted by Crippen LogP contribution is 2.02. The van der Waals surface area contributed by atoms with Gasteiger partial charge < -0.3 is 46.8 Å². The van der Waals surface area contributed by atoms with Crippen LogP contribution >= 0.6 is 0 Å². The van der Waals surface area contributed by atoms with Crippen LogP contribution in [0, 0.1) is 0 Å². The van der Waals surface area contributed by atoms with E-state index in [1.54, 1.807) is 16.0 Å². The maximum absolute atomic E-state index is 12.1. The van der Waals surface area contributed by atoms with Gasteiger partial charge in [0.25, 0.3) is 0 Å². The average Bonchev–Trinajstić information content (AvgIpc) is 2.71. The predicted molar refractivity (Wildman–Crippen MR) is 105 cm³/mol. The molecule has 0 radical (unpaired) electrons. The minimum atomic E-state index is -1.99. The van der Waals surface area contributed by atoms with Crippen molar-refractivity contribution >= 4 is 54.0 Å². The lowest BCUT2D eigenvalue weighted by Gasteiger charge is -2.19. The summed E-state index contributed by atoms with van der Waals surface area (Å²) in [7, 11) is 0. The lowest BCUT2D eigenvalue weighted by molar-refractivity contribution is -0.148. The van der Waals surface area contributed by atoms with E-state index in [9.17, 15) is 43.2 Å². The first-order valence-electron chi connectivity index (χ1n) is 9.38. The summed E-state index contributed by atoms with van der Waals surface area (Å²) >= 11 is 0. The van der Waals surface area contributed by atoms with Gasteiger partial charge in [0.2, 0.25) is 24.1 Å². The standard InChI is InChI=1S/C17H22N4O14/c22-5-18-6(14(28)29)1-10(23)19-7(15(30)31)2-11(24)20-8(16(32)33)3-12(25)21-9(17(34)35)4-13(26)27/h5-9H,1-4H2,(H,18,22)(H,19,23)(H,20,24)(H,21,25)(H,26,27)(H,28,29)(H,30,31)(H,32,33)(H,34,35). The summed E-state index contributed by atoms with van der Waals surface area (Å²) in [6, 6.07) is -7.52. The summed E-state index contributed by atoms with van der Waals surface area (Å²) in [6.45, 7) is 0. The molecule has 0 aromatic carbocycles. The van der Waals surface area contributed by atoms with Gasteiger partial charge in [0.05, 0.1) is 25.7 Å². The Morgan fingerprint density at radius 3 is 1.06 bits per heavy atom. The van der Waals surface area contributed by atoms with Gasteiger partial charge in [-0.1, -0.05) is 0 Å². The SMILES string of the molecule is O=CNC(CC(=O)NC(CC(=O)NC(CC(=O)NC(CC(=O)O)C(=O)O)C(=O)O)C(=O)O)C(=O)O. The van der Waals surface area contributed by atoms with Gasteiger partial charge in [-0.25, -0.2) is 19.2 Å². The third-order valence-electron chi connectivity index (χ3n) is 4.01. The molecule has 9 N–H and O–H groups in total. The molecule has 0 spiro atoms. The molecule has 4 unspecified atom stereocenters. The number of carboxylic acids is 5. The van der Waals surface area contributed by atoms with Gasteiger partial charge in [-0.2, -0.15) is 0 Å². The number of hydrogen-bond acceptors (Lipinski definition) is 9. The Bertz CT molecular complexity index is 888. The average molecular weight is 506 g/mol. The third-order valence-corrected chi connectivity index (χ3v) is 4.01. The molecule has 0 aliphatic rings. The zero-order valence-electron chi connectivity index (χ0n) is 17.6. The van der Waals surface area contributed by atoms with Crippen LogP contribution in [-0.4, -0.2) is 104 Å². The van der Waals surface area contributed by atoms with Crippen LogP contribution in [0.15, 0.2) is 0 Å². The fraction of sp³-hybridized carbons (Fsp3) is 0.471.